The summed E-state index contributed by atoms with van der Waals surface area (Å²) in [5, 5.41) is 8.80. The molecule has 0 unspecified atom stereocenters. The number of carboxylic acid groups (broad SMARTS) is 1. The highest BCUT2D eigenvalue weighted by Crippen LogP contribution is 2.25. The van der Waals surface area contributed by atoms with Crippen LogP contribution in [0.5, 0.6) is 11.5 Å². The molecule has 1 N–H and O–H groups in total. The van der Waals surface area contributed by atoms with Gasteiger partial charge < -0.3 is 14.6 Å². The highest BCUT2D eigenvalue weighted by Gasteiger charge is 2.21. The van der Waals surface area contributed by atoms with E-state index in [2.05, 4.69) is 47.4 Å². The van der Waals surface area contributed by atoms with E-state index in [4.69, 9.17) is 14.6 Å². The van der Waals surface area contributed by atoms with Crippen LogP contribution in [0.4, 0.5) is 0 Å². The second kappa shape index (κ2) is 12.9. The highest BCUT2D eigenvalue weighted by atomic mass is 16.5. The van der Waals surface area contributed by atoms with Gasteiger partial charge in [-0.1, -0.05) is 66.7 Å². The number of rotatable bonds is 11. The van der Waals surface area contributed by atoms with Crippen molar-refractivity contribution in [2.24, 2.45) is 0 Å². The lowest BCUT2D eigenvalue weighted by molar-refractivity contribution is -0.136. The van der Waals surface area contributed by atoms with Gasteiger partial charge in [0.05, 0.1) is 0 Å². The Morgan fingerprint density at radius 3 is 2.31 bits per heavy atom. The minimum Gasteiger partial charge on any atom is -0.490 e. The molecule has 0 radical (unpaired) electrons. The molecule has 0 saturated carbocycles. The van der Waals surface area contributed by atoms with Crippen molar-refractivity contribution in [2.45, 2.75) is 51.9 Å². The van der Waals surface area contributed by atoms with Crippen LogP contribution in [0.2, 0.25) is 0 Å². The van der Waals surface area contributed by atoms with Gasteiger partial charge in [0.1, 0.15) is 24.2 Å². The summed E-state index contributed by atoms with van der Waals surface area (Å²) in [4.78, 5) is 13.2. The molecule has 188 valence electrons. The van der Waals surface area contributed by atoms with Crippen LogP contribution < -0.4 is 9.47 Å². The van der Waals surface area contributed by atoms with Crippen LogP contribution in [0.1, 0.15) is 48.4 Å². The third-order valence-electron chi connectivity index (χ3n) is 6.48. The predicted molar refractivity (Wildman–Crippen MR) is 143 cm³/mol. The van der Waals surface area contributed by atoms with Gasteiger partial charge in [0.15, 0.2) is 0 Å². The molecule has 5 nitrogen and oxygen atoms in total. The van der Waals surface area contributed by atoms with Crippen LogP contribution in [0.25, 0.3) is 6.08 Å². The number of hydrogen-bond acceptors (Lipinski definition) is 4. The molecule has 1 saturated heterocycles. The average Bonchev–Trinajstić information content (AvgIpc) is 2.90. The van der Waals surface area contributed by atoms with Gasteiger partial charge in [0.2, 0.25) is 0 Å². The molecule has 3 aromatic carbocycles. The third-order valence-corrected chi connectivity index (χ3v) is 6.48. The molecule has 36 heavy (non-hydrogen) atoms. The molecule has 1 fully saturated rings. The second-order valence-corrected chi connectivity index (χ2v) is 9.27. The van der Waals surface area contributed by atoms with Crippen molar-refractivity contribution in [3.8, 4) is 11.5 Å². The molecular weight excluding hydrogens is 450 g/mol. The Morgan fingerprint density at radius 2 is 1.61 bits per heavy atom. The highest BCUT2D eigenvalue weighted by molar-refractivity contribution is 5.67. The number of carboxylic acids is 1. The Kier molecular flexibility index (Phi) is 9.17. The Balaban J connectivity index is 1.20. The summed E-state index contributed by atoms with van der Waals surface area (Å²) in [5.41, 5.74) is 4.57. The standard InChI is InChI=1S/C31H35NO4/c1-2-5-27-6-3-4-7-30(27)36-29-18-20-32(21-19-29)22-25-8-10-26(11-9-25)23-35-28-15-12-24(13-16-28)14-17-31(33)34/h2-13,15-16,29H,14,17-23H2,1H3,(H,33,34)/b5-2-. The molecule has 0 atom stereocenters. The fourth-order valence-corrected chi connectivity index (χ4v) is 4.44. The predicted octanol–water partition coefficient (Wildman–Crippen LogP) is 6.36. The Morgan fingerprint density at radius 1 is 0.944 bits per heavy atom. The molecular formula is C31H35NO4. The number of nitrogens with zero attached hydrogens (tertiary/aromatic N) is 1. The molecule has 0 aliphatic carbocycles. The first kappa shape index (κ1) is 25.5. The number of likely N-dealkylation sites (tertiary alicyclic amines) is 1. The van der Waals surface area contributed by atoms with E-state index < -0.39 is 5.97 Å². The van der Waals surface area contributed by atoms with E-state index in [0.29, 0.717) is 13.0 Å². The maximum Gasteiger partial charge on any atom is 0.303 e. The topological polar surface area (TPSA) is 59.0 Å². The van der Waals surface area contributed by atoms with Crippen molar-refractivity contribution in [1.82, 2.24) is 4.90 Å². The van der Waals surface area contributed by atoms with Crippen LogP contribution in [0.3, 0.4) is 0 Å². The zero-order chi connectivity index (χ0) is 25.2. The van der Waals surface area contributed by atoms with Crippen molar-refractivity contribution in [3.63, 3.8) is 0 Å². The van der Waals surface area contributed by atoms with E-state index in [0.717, 1.165) is 60.7 Å². The van der Waals surface area contributed by atoms with Crippen LogP contribution in [-0.2, 0) is 24.4 Å². The number of benzene rings is 3. The van der Waals surface area contributed by atoms with Gasteiger partial charge in [0, 0.05) is 31.6 Å². The fourth-order valence-electron chi connectivity index (χ4n) is 4.44. The van der Waals surface area contributed by atoms with Gasteiger partial charge in [-0.25, -0.2) is 0 Å². The summed E-state index contributed by atoms with van der Waals surface area (Å²) in [5.74, 6) is 0.983. The Hall–Kier alpha value is -3.57. The maximum absolute atomic E-state index is 10.7. The van der Waals surface area contributed by atoms with Crippen LogP contribution in [0, 0.1) is 0 Å². The van der Waals surface area contributed by atoms with Crippen molar-refractivity contribution < 1.29 is 19.4 Å². The smallest absolute Gasteiger partial charge is 0.303 e. The third kappa shape index (κ3) is 7.72. The fraction of sp³-hybridized carbons (Fsp3) is 0.323. The lowest BCUT2D eigenvalue weighted by Crippen LogP contribution is -2.37. The van der Waals surface area contributed by atoms with Crippen molar-refractivity contribution in [1.29, 1.82) is 0 Å². The lowest BCUT2D eigenvalue weighted by Gasteiger charge is -2.32. The first-order valence-corrected chi connectivity index (χ1v) is 12.7. The Bertz CT molecular complexity index is 1130. The molecule has 1 aliphatic rings. The summed E-state index contributed by atoms with van der Waals surface area (Å²) in [7, 11) is 0. The molecule has 4 rings (SSSR count). The van der Waals surface area contributed by atoms with Gasteiger partial charge in [-0.3, -0.25) is 9.69 Å². The molecule has 0 aromatic heterocycles. The molecule has 5 heteroatoms. The van der Waals surface area contributed by atoms with Gasteiger partial charge in [-0.2, -0.15) is 0 Å². The van der Waals surface area contributed by atoms with Crippen molar-refractivity contribution >= 4 is 12.0 Å². The summed E-state index contributed by atoms with van der Waals surface area (Å²) in [6.07, 6.45) is 7.15. The van der Waals surface area contributed by atoms with Crippen molar-refractivity contribution in [3.05, 3.63) is 101 Å². The molecule has 3 aromatic rings. The Labute approximate surface area is 214 Å². The maximum atomic E-state index is 10.7. The lowest BCUT2D eigenvalue weighted by atomic mass is 10.1. The van der Waals surface area contributed by atoms with Crippen LogP contribution in [-0.4, -0.2) is 35.2 Å². The number of para-hydroxylation sites is 1. The average molecular weight is 486 g/mol. The molecule has 0 bridgehead atoms. The first-order chi connectivity index (χ1) is 17.6. The summed E-state index contributed by atoms with van der Waals surface area (Å²) >= 11 is 0. The monoisotopic (exact) mass is 485 g/mol. The van der Waals surface area contributed by atoms with E-state index in [1.165, 1.54) is 5.56 Å². The van der Waals surface area contributed by atoms with E-state index in [1.54, 1.807) is 0 Å². The molecule has 1 aliphatic heterocycles. The summed E-state index contributed by atoms with van der Waals surface area (Å²) in [6.45, 7) is 5.54. The number of ether oxygens (including phenoxy) is 2. The minimum atomic E-state index is -0.779. The number of allylic oxidation sites excluding steroid dienone is 1. The SMILES string of the molecule is C/C=C\c1ccccc1OC1CCN(Cc2ccc(COc3ccc(CCC(=O)O)cc3)cc2)CC1. The quantitative estimate of drug-likeness (QED) is 0.342. The van der Waals surface area contributed by atoms with E-state index in [1.807, 2.05) is 49.4 Å². The van der Waals surface area contributed by atoms with Gasteiger partial charge in [0.25, 0.3) is 0 Å². The number of hydrogen-bond donors (Lipinski definition) is 1. The van der Waals surface area contributed by atoms with E-state index >= 15 is 0 Å². The van der Waals surface area contributed by atoms with Crippen LogP contribution in [0.15, 0.2) is 78.9 Å². The van der Waals surface area contributed by atoms with E-state index in [-0.39, 0.29) is 12.5 Å². The van der Waals surface area contributed by atoms with Gasteiger partial charge in [-0.05, 0) is 61.1 Å². The minimum absolute atomic E-state index is 0.143. The first-order valence-electron chi connectivity index (χ1n) is 12.7. The van der Waals surface area contributed by atoms with Crippen LogP contribution >= 0.6 is 0 Å². The molecule has 0 amide bonds. The molecule has 0 spiro atoms. The second-order valence-electron chi connectivity index (χ2n) is 9.27. The van der Waals surface area contributed by atoms with Gasteiger partial charge >= 0.3 is 5.97 Å². The van der Waals surface area contributed by atoms with E-state index in [9.17, 15) is 4.79 Å². The van der Waals surface area contributed by atoms with Gasteiger partial charge in [-0.15, -0.1) is 0 Å². The summed E-state index contributed by atoms with van der Waals surface area (Å²) in [6, 6.07) is 24.5. The zero-order valence-corrected chi connectivity index (χ0v) is 20.9. The zero-order valence-electron chi connectivity index (χ0n) is 20.9. The normalized spacial score (nSPS) is 14.7. The largest absolute Gasteiger partial charge is 0.490 e. The molecule has 1 heterocycles. The number of aliphatic carboxylic acids is 1. The summed E-state index contributed by atoms with van der Waals surface area (Å²) < 4.78 is 12.2. The number of piperidine rings is 1. The number of carbonyl (C=O) groups is 1. The van der Waals surface area contributed by atoms with Crippen molar-refractivity contribution in [2.75, 3.05) is 13.1 Å². The number of aryl methyl sites for hydroxylation is 1.